The molecule has 0 radical (unpaired) electrons. The highest BCUT2D eigenvalue weighted by molar-refractivity contribution is 7.94. The summed E-state index contributed by atoms with van der Waals surface area (Å²) in [5.41, 5.74) is 1.54. The van der Waals surface area contributed by atoms with Crippen LogP contribution in [-0.2, 0) is 9.84 Å². The number of aryl methyl sites for hydroxylation is 1. The first-order valence-electron chi connectivity index (χ1n) is 5.38. The molecule has 2 unspecified atom stereocenters. The third-order valence-corrected chi connectivity index (χ3v) is 5.98. The van der Waals surface area contributed by atoms with E-state index in [2.05, 4.69) is 0 Å². The van der Waals surface area contributed by atoms with Gasteiger partial charge in [0.2, 0.25) is 0 Å². The van der Waals surface area contributed by atoms with Gasteiger partial charge in [0.25, 0.3) is 0 Å². The molecule has 96 valence electrons. The Hall–Kier alpha value is -0.580. The number of hydrogen-bond acceptors (Lipinski definition) is 3. The van der Waals surface area contributed by atoms with Crippen molar-refractivity contribution in [2.24, 2.45) is 0 Å². The van der Waals surface area contributed by atoms with E-state index < -0.39 is 20.1 Å². The third-order valence-electron chi connectivity index (χ3n) is 2.87. The van der Waals surface area contributed by atoms with Crippen molar-refractivity contribution in [3.63, 3.8) is 0 Å². The predicted octanol–water partition coefficient (Wildman–Crippen LogP) is 2.42. The van der Waals surface area contributed by atoms with E-state index in [4.69, 9.17) is 11.6 Å². The number of alkyl halides is 1. The molecule has 0 fully saturated rings. The van der Waals surface area contributed by atoms with Crippen LogP contribution >= 0.6 is 11.6 Å². The average molecular weight is 277 g/mol. The molecule has 0 aliphatic rings. The maximum absolute atomic E-state index is 11.8. The minimum absolute atomic E-state index is 0.101. The zero-order chi connectivity index (χ0) is 13.3. The fourth-order valence-electron chi connectivity index (χ4n) is 1.50. The maximum atomic E-state index is 11.8. The van der Waals surface area contributed by atoms with Gasteiger partial charge in [-0.15, -0.1) is 0 Å². The molecule has 1 rings (SSSR count). The van der Waals surface area contributed by atoms with Crippen LogP contribution in [-0.4, -0.2) is 23.5 Å². The van der Waals surface area contributed by atoms with Crippen LogP contribution in [0.4, 0.5) is 0 Å². The molecule has 0 heterocycles. The van der Waals surface area contributed by atoms with Crippen LogP contribution < -0.4 is 0 Å². The molecule has 0 spiro atoms. The fraction of sp³-hybridized carbons (Fsp3) is 0.500. The Morgan fingerprint density at radius 2 is 1.82 bits per heavy atom. The minimum Gasteiger partial charge on any atom is -0.385 e. The molecule has 3 nitrogen and oxygen atoms in total. The highest BCUT2D eigenvalue weighted by Crippen LogP contribution is 2.37. The molecule has 1 aromatic rings. The summed E-state index contributed by atoms with van der Waals surface area (Å²) in [6.07, 6.45) is -1.24. The van der Waals surface area contributed by atoms with E-state index in [0.717, 1.165) is 5.56 Å². The van der Waals surface area contributed by atoms with Crippen molar-refractivity contribution < 1.29 is 13.5 Å². The van der Waals surface area contributed by atoms with E-state index in [1.54, 1.807) is 12.1 Å². The summed E-state index contributed by atoms with van der Waals surface area (Å²) in [4.78, 5) is 0. The van der Waals surface area contributed by atoms with Crippen molar-refractivity contribution in [2.75, 3.05) is 5.75 Å². The average Bonchev–Trinajstić information content (AvgIpc) is 2.28. The summed E-state index contributed by atoms with van der Waals surface area (Å²) >= 11 is 6.01. The smallest absolute Gasteiger partial charge is 0.172 e. The minimum atomic E-state index is -3.54. The Balaban J connectivity index is 3.12. The lowest BCUT2D eigenvalue weighted by molar-refractivity contribution is 0.162. The summed E-state index contributed by atoms with van der Waals surface area (Å²) in [6.45, 7) is 4.76. The highest BCUT2D eigenvalue weighted by Gasteiger charge is 2.43. The summed E-state index contributed by atoms with van der Waals surface area (Å²) in [7, 11) is -3.54. The SMILES string of the molecule is CCS(=O)(=O)C(C)(Cl)C(O)c1ccc(C)cc1. The van der Waals surface area contributed by atoms with Crippen LogP contribution in [0.25, 0.3) is 0 Å². The van der Waals surface area contributed by atoms with E-state index in [1.807, 2.05) is 19.1 Å². The second-order valence-electron chi connectivity index (χ2n) is 4.20. The summed E-state index contributed by atoms with van der Waals surface area (Å²) < 4.78 is 21.9. The Bertz CT molecular complexity index is 477. The van der Waals surface area contributed by atoms with Crippen LogP contribution in [0.2, 0.25) is 0 Å². The van der Waals surface area contributed by atoms with Crippen molar-refractivity contribution >= 4 is 21.4 Å². The first kappa shape index (κ1) is 14.5. The van der Waals surface area contributed by atoms with Gasteiger partial charge < -0.3 is 5.11 Å². The van der Waals surface area contributed by atoms with Gasteiger partial charge in [-0.25, -0.2) is 8.42 Å². The molecule has 5 heteroatoms. The molecule has 1 aromatic carbocycles. The monoisotopic (exact) mass is 276 g/mol. The van der Waals surface area contributed by atoms with E-state index in [1.165, 1.54) is 13.8 Å². The van der Waals surface area contributed by atoms with Gasteiger partial charge in [0.15, 0.2) is 14.0 Å². The van der Waals surface area contributed by atoms with Gasteiger partial charge in [-0.05, 0) is 19.4 Å². The largest absolute Gasteiger partial charge is 0.385 e. The van der Waals surface area contributed by atoms with Crippen molar-refractivity contribution in [3.05, 3.63) is 35.4 Å². The second kappa shape index (κ2) is 4.96. The molecule has 0 aromatic heterocycles. The van der Waals surface area contributed by atoms with Crippen LogP contribution in [0.15, 0.2) is 24.3 Å². The molecule has 1 N–H and O–H groups in total. The Kier molecular flexibility index (Phi) is 4.23. The van der Waals surface area contributed by atoms with E-state index in [9.17, 15) is 13.5 Å². The van der Waals surface area contributed by atoms with Crippen LogP contribution in [0.5, 0.6) is 0 Å². The standard InChI is InChI=1S/C12H17ClO3S/c1-4-17(15,16)12(3,13)11(14)10-7-5-9(2)6-8-10/h5-8,11,14H,4H2,1-3H3. The fourth-order valence-corrected chi connectivity index (χ4v) is 2.99. The van der Waals surface area contributed by atoms with Crippen molar-refractivity contribution in [2.45, 2.75) is 31.1 Å². The molecule has 0 saturated heterocycles. The van der Waals surface area contributed by atoms with Gasteiger partial charge in [-0.3, -0.25) is 0 Å². The first-order chi connectivity index (χ1) is 7.72. The zero-order valence-corrected chi connectivity index (χ0v) is 11.7. The lowest BCUT2D eigenvalue weighted by atomic mass is 10.1. The van der Waals surface area contributed by atoms with E-state index in [-0.39, 0.29) is 5.75 Å². The number of aliphatic hydroxyl groups is 1. The number of rotatable bonds is 4. The Morgan fingerprint density at radius 1 is 1.35 bits per heavy atom. The number of hydrogen-bond donors (Lipinski definition) is 1. The van der Waals surface area contributed by atoms with Crippen LogP contribution in [0.1, 0.15) is 31.1 Å². The molecule has 0 aliphatic carbocycles. The topological polar surface area (TPSA) is 54.4 Å². The Labute approximate surface area is 107 Å². The van der Waals surface area contributed by atoms with Gasteiger partial charge in [0.1, 0.15) is 6.10 Å². The number of benzene rings is 1. The highest BCUT2D eigenvalue weighted by atomic mass is 35.5. The van der Waals surface area contributed by atoms with E-state index in [0.29, 0.717) is 5.56 Å². The summed E-state index contributed by atoms with van der Waals surface area (Å²) in [6, 6.07) is 6.99. The number of halogens is 1. The van der Waals surface area contributed by atoms with Gasteiger partial charge in [-0.1, -0.05) is 48.4 Å². The van der Waals surface area contributed by atoms with Crippen molar-refractivity contribution in [3.8, 4) is 0 Å². The molecule has 0 saturated carbocycles. The number of sulfone groups is 1. The molecular formula is C12H17ClO3S. The van der Waals surface area contributed by atoms with Gasteiger partial charge in [0.05, 0.1) is 0 Å². The predicted molar refractivity (Wildman–Crippen MR) is 69.9 cm³/mol. The first-order valence-corrected chi connectivity index (χ1v) is 7.41. The third kappa shape index (κ3) is 2.81. The van der Waals surface area contributed by atoms with Crippen LogP contribution in [0, 0.1) is 6.92 Å². The van der Waals surface area contributed by atoms with Crippen molar-refractivity contribution in [1.29, 1.82) is 0 Å². The lowest BCUT2D eigenvalue weighted by Gasteiger charge is -2.27. The summed E-state index contributed by atoms with van der Waals surface area (Å²) in [5, 5.41) is 10.1. The molecule has 0 amide bonds. The van der Waals surface area contributed by atoms with Crippen molar-refractivity contribution in [1.82, 2.24) is 0 Å². The van der Waals surface area contributed by atoms with E-state index >= 15 is 0 Å². The summed E-state index contributed by atoms with van der Waals surface area (Å²) in [5.74, 6) is -0.101. The molecule has 2 atom stereocenters. The van der Waals surface area contributed by atoms with Crippen LogP contribution in [0.3, 0.4) is 0 Å². The number of aliphatic hydroxyl groups excluding tert-OH is 1. The normalized spacial score (nSPS) is 17.5. The molecule has 17 heavy (non-hydrogen) atoms. The molecule has 0 aliphatic heterocycles. The molecule has 0 bridgehead atoms. The molecular weight excluding hydrogens is 260 g/mol. The zero-order valence-electron chi connectivity index (χ0n) is 10.1. The maximum Gasteiger partial charge on any atom is 0.172 e. The quantitative estimate of drug-likeness (QED) is 0.860. The van der Waals surface area contributed by atoms with Gasteiger partial charge in [-0.2, -0.15) is 0 Å². The second-order valence-corrected chi connectivity index (χ2v) is 7.87. The van der Waals surface area contributed by atoms with Gasteiger partial charge >= 0.3 is 0 Å². The lowest BCUT2D eigenvalue weighted by Crippen LogP contribution is -2.37. The van der Waals surface area contributed by atoms with Gasteiger partial charge in [0, 0.05) is 5.75 Å². The Morgan fingerprint density at radius 3 is 2.24 bits per heavy atom.